The van der Waals surface area contributed by atoms with E-state index in [1.807, 2.05) is 6.20 Å². The van der Waals surface area contributed by atoms with Crippen LogP contribution in [-0.4, -0.2) is 4.98 Å². The van der Waals surface area contributed by atoms with Gasteiger partial charge in [0.15, 0.2) is 0 Å². The van der Waals surface area contributed by atoms with Crippen molar-refractivity contribution in [1.82, 2.24) is 4.98 Å². The average molecular weight is 223 g/mol. The summed E-state index contributed by atoms with van der Waals surface area (Å²) in [7, 11) is 0. The minimum atomic E-state index is 0.682. The monoisotopic (exact) mass is 223 g/mol. The molecule has 3 rings (SSSR count). The van der Waals surface area contributed by atoms with Gasteiger partial charge in [-0.2, -0.15) is 0 Å². The quantitative estimate of drug-likeness (QED) is 0.697. The molecule has 0 aliphatic heterocycles. The molecule has 0 saturated carbocycles. The van der Waals surface area contributed by atoms with Crippen LogP contribution in [0.25, 0.3) is 10.8 Å². The maximum absolute atomic E-state index is 4.57. The van der Waals surface area contributed by atoms with Crippen molar-refractivity contribution in [3.8, 4) is 0 Å². The molecule has 1 unspecified atom stereocenters. The van der Waals surface area contributed by atoms with Gasteiger partial charge in [-0.1, -0.05) is 36.4 Å². The van der Waals surface area contributed by atoms with Crippen LogP contribution in [0.2, 0.25) is 0 Å². The number of hydrogen-bond donors (Lipinski definition) is 0. The summed E-state index contributed by atoms with van der Waals surface area (Å²) in [6.07, 6.45) is 11.6. The van der Waals surface area contributed by atoms with Crippen molar-refractivity contribution in [3.63, 3.8) is 0 Å². The molecule has 1 nitrogen and oxygen atoms in total. The van der Waals surface area contributed by atoms with Gasteiger partial charge in [-0.3, -0.25) is 4.98 Å². The predicted octanol–water partition coefficient (Wildman–Crippen LogP) is 4.13. The summed E-state index contributed by atoms with van der Waals surface area (Å²) in [5.74, 6) is 0.682. The topological polar surface area (TPSA) is 12.9 Å². The SMILES string of the molecule is C1=CC(Cc2nccc3ccccc23)CCC1. The molecule has 0 bridgehead atoms. The van der Waals surface area contributed by atoms with Gasteiger partial charge >= 0.3 is 0 Å². The number of nitrogens with zero attached hydrogens (tertiary/aromatic N) is 1. The van der Waals surface area contributed by atoms with Crippen LogP contribution in [0, 0.1) is 5.92 Å². The number of allylic oxidation sites excluding steroid dienone is 2. The molecule has 1 heterocycles. The largest absolute Gasteiger partial charge is 0.261 e. The molecule has 0 fully saturated rings. The zero-order valence-electron chi connectivity index (χ0n) is 9.97. The first-order valence-corrected chi connectivity index (χ1v) is 6.43. The maximum Gasteiger partial charge on any atom is 0.0487 e. The standard InChI is InChI=1S/C16H17N/c1-2-6-13(7-3-1)12-16-15-9-5-4-8-14(15)10-11-17-16/h2,4-6,8-11,13H,1,3,7,12H2. The van der Waals surface area contributed by atoms with Crippen molar-refractivity contribution in [2.75, 3.05) is 0 Å². The molecule has 0 radical (unpaired) electrons. The number of pyridine rings is 1. The molecule has 0 saturated heterocycles. The Morgan fingerprint density at radius 3 is 3.00 bits per heavy atom. The molecule has 1 aromatic carbocycles. The van der Waals surface area contributed by atoms with Gasteiger partial charge in [-0.05, 0) is 43.1 Å². The zero-order valence-corrected chi connectivity index (χ0v) is 9.97. The van der Waals surface area contributed by atoms with E-state index in [0.717, 1.165) is 6.42 Å². The van der Waals surface area contributed by atoms with Crippen LogP contribution in [0.1, 0.15) is 25.0 Å². The third-order valence-electron chi connectivity index (χ3n) is 3.57. The molecular formula is C16H17N. The third-order valence-corrected chi connectivity index (χ3v) is 3.57. The first kappa shape index (κ1) is 10.5. The van der Waals surface area contributed by atoms with Crippen LogP contribution in [0.15, 0.2) is 48.7 Å². The minimum Gasteiger partial charge on any atom is -0.261 e. The molecule has 1 aliphatic carbocycles. The lowest BCUT2D eigenvalue weighted by atomic mass is 9.90. The maximum atomic E-state index is 4.57. The van der Waals surface area contributed by atoms with Crippen LogP contribution in [-0.2, 0) is 6.42 Å². The van der Waals surface area contributed by atoms with Gasteiger partial charge in [-0.15, -0.1) is 0 Å². The van der Waals surface area contributed by atoms with Crippen molar-refractivity contribution in [3.05, 3.63) is 54.4 Å². The van der Waals surface area contributed by atoms with Crippen LogP contribution in [0.5, 0.6) is 0 Å². The second-order valence-electron chi connectivity index (χ2n) is 4.80. The van der Waals surface area contributed by atoms with Crippen molar-refractivity contribution < 1.29 is 0 Å². The Bertz CT molecular complexity index is 537. The number of hydrogen-bond acceptors (Lipinski definition) is 1. The molecule has 0 amide bonds. The van der Waals surface area contributed by atoms with Crippen LogP contribution < -0.4 is 0 Å². The van der Waals surface area contributed by atoms with Gasteiger partial charge in [-0.25, -0.2) is 0 Å². The fourth-order valence-electron chi connectivity index (χ4n) is 2.65. The van der Waals surface area contributed by atoms with E-state index in [1.54, 1.807) is 0 Å². The molecule has 1 aromatic heterocycles. The molecule has 1 atom stereocenters. The fraction of sp³-hybridized carbons (Fsp3) is 0.312. The zero-order chi connectivity index (χ0) is 11.5. The summed E-state index contributed by atoms with van der Waals surface area (Å²) < 4.78 is 0. The molecule has 2 aromatic rings. The molecule has 1 heteroatoms. The number of benzene rings is 1. The summed E-state index contributed by atoms with van der Waals surface area (Å²) >= 11 is 0. The lowest BCUT2D eigenvalue weighted by Crippen LogP contribution is -2.06. The van der Waals surface area contributed by atoms with Gasteiger partial charge in [0.2, 0.25) is 0 Å². The average Bonchev–Trinajstić information content (AvgIpc) is 2.40. The number of rotatable bonds is 2. The highest BCUT2D eigenvalue weighted by molar-refractivity contribution is 5.84. The van der Waals surface area contributed by atoms with E-state index in [4.69, 9.17) is 0 Å². The lowest BCUT2D eigenvalue weighted by molar-refractivity contribution is 0.535. The van der Waals surface area contributed by atoms with E-state index in [2.05, 4.69) is 47.5 Å². The minimum absolute atomic E-state index is 0.682. The van der Waals surface area contributed by atoms with Gasteiger partial charge < -0.3 is 0 Å². The summed E-state index contributed by atoms with van der Waals surface area (Å²) in [4.78, 5) is 4.57. The van der Waals surface area contributed by atoms with Crippen LogP contribution in [0.3, 0.4) is 0 Å². The number of fused-ring (bicyclic) bond motifs is 1. The molecule has 17 heavy (non-hydrogen) atoms. The van der Waals surface area contributed by atoms with E-state index in [9.17, 15) is 0 Å². The smallest absolute Gasteiger partial charge is 0.0487 e. The second kappa shape index (κ2) is 4.70. The Kier molecular flexibility index (Phi) is 2.91. The van der Waals surface area contributed by atoms with Gasteiger partial charge in [0.25, 0.3) is 0 Å². The Morgan fingerprint density at radius 2 is 2.12 bits per heavy atom. The van der Waals surface area contributed by atoms with Gasteiger partial charge in [0, 0.05) is 17.3 Å². The highest BCUT2D eigenvalue weighted by Crippen LogP contribution is 2.24. The summed E-state index contributed by atoms with van der Waals surface area (Å²) in [5, 5.41) is 2.62. The fourth-order valence-corrected chi connectivity index (χ4v) is 2.65. The summed E-state index contributed by atoms with van der Waals surface area (Å²) in [6, 6.07) is 10.6. The van der Waals surface area contributed by atoms with E-state index in [1.165, 1.54) is 35.7 Å². The van der Waals surface area contributed by atoms with Crippen LogP contribution >= 0.6 is 0 Å². The van der Waals surface area contributed by atoms with E-state index in [0.29, 0.717) is 5.92 Å². The second-order valence-corrected chi connectivity index (χ2v) is 4.80. The van der Waals surface area contributed by atoms with Crippen LogP contribution in [0.4, 0.5) is 0 Å². The normalized spacial score (nSPS) is 19.6. The molecule has 0 spiro atoms. The van der Waals surface area contributed by atoms with E-state index in [-0.39, 0.29) is 0 Å². The van der Waals surface area contributed by atoms with Crippen molar-refractivity contribution in [2.45, 2.75) is 25.7 Å². The predicted molar refractivity (Wildman–Crippen MR) is 71.9 cm³/mol. The first-order chi connectivity index (χ1) is 8.43. The van der Waals surface area contributed by atoms with Gasteiger partial charge in [0.1, 0.15) is 0 Å². The Labute approximate surface area is 102 Å². The molecule has 0 N–H and O–H groups in total. The van der Waals surface area contributed by atoms with E-state index >= 15 is 0 Å². The highest BCUT2D eigenvalue weighted by atomic mass is 14.7. The Balaban J connectivity index is 1.94. The van der Waals surface area contributed by atoms with Gasteiger partial charge in [0.05, 0.1) is 0 Å². The highest BCUT2D eigenvalue weighted by Gasteiger charge is 2.11. The van der Waals surface area contributed by atoms with E-state index < -0.39 is 0 Å². The Hall–Kier alpha value is -1.63. The molecular weight excluding hydrogens is 206 g/mol. The summed E-state index contributed by atoms with van der Waals surface area (Å²) in [6.45, 7) is 0. The Morgan fingerprint density at radius 1 is 1.18 bits per heavy atom. The van der Waals surface area contributed by atoms with Crippen molar-refractivity contribution in [1.29, 1.82) is 0 Å². The van der Waals surface area contributed by atoms with Crippen molar-refractivity contribution in [2.24, 2.45) is 5.92 Å². The molecule has 1 aliphatic rings. The summed E-state index contributed by atoms with van der Waals surface area (Å²) in [5.41, 5.74) is 1.25. The lowest BCUT2D eigenvalue weighted by Gasteiger charge is -2.16. The molecule has 86 valence electrons. The third kappa shape index (κ3) is 2.23. The number of aromatic nitrogens is 1. The van der Waals surface area contributed by atoms with Crippen molar-refractivity contribution >= 4 is 10.8 Å². The first-order valence-electron chi connectivity index (χ1n) is 6.43.